The summed E-state index contributed by atoms with van der Waals surface area (Å²) in [7, 11) is 0. The van der Waals surface area contributed by atoms with Crippen LogP contribution < -0.4 is 0 Å². The molecule has 0 spiro atoms. The van der Waals surface area contributed by atoms with Gasteiger partial charge in [-0.1, -0.05) is 24.1 Å². The fourth-order valence-electron chi connectivity index (χ4n) is 1.89. The van der Waals surface area contributed by atoms with E-state index in [1.165, 1.54) is 0 Å². The molecule has 0 aromatic heterocycles. The van der Waals surface area contributed by atoms with Crippen molar-refractivity contribution in [3.8, 4) is 6.07 Å². The first-order valence-corrected chi connectivity index (χ1v) is 5.58. The predicted octanol–water partition coefficient (Wildman–Crippen LogP) is 3.43. The van der Waals surface area contributed by atoms with Crippen LogP contribution in [0.2, 0.25) is 0 Å². The van der Waals surface area contributed by atoms with Crippen molar-refractivity contribution in [2.45, 2.75) is 33.6 Å². The van der Waals surface area contributed by atoms with Gasteiger partial charge in [0.15, 0.2) is 5.78 Å². The smallest absolute Gasteiger partial charge is 0.166 e. The van der Waals surface area contributed by atoms with Crippen molar-refractivity contribution in [2.75, 3.05) is 0 Å². The molecule has 0 aliphatic heterocycles. The fourth-order valence-corrected chi connectivity index (χ4v) is 1.89. The Morgan fingerprint density at radius 3 is 2.31 bits per heavy atom. The molecule has 0 saturated carbocycles. The molecule has 0 heterocycles. The average molecular weight is 215 g/mol. The number of Topliss-reactive ketones (excluding diaryl/α,β-unsaturated/α-hetero) is 1. The maximum Gasteiger partial charge on any atom is 0.166 e. The molecule has 0 saturated heterocycles. The van der Waals surface area contributed by atoms with Crippen LogP contribution in [0.3, 0.4) is 0 Å². The van der Waals surface area contributed by atoms with Gasteiger partial charge < -0.3 is 0 Å². The summed E-state index contributed by atoms with van der Waals surface area (Å²) in [6.07, 6.45) is 1.03. The SMILES string of the molecule is CCC(CC#N)C(=O)c1cc(C)cc(C)c1. The molecule has 0 amide bonds. The van der Waals surface area contributed by atoms with E-state index in [1.807, 2.05) is 39.0 Å². The summed E-state index contributed by atoms with van der Waals surface area (Å²) >= 11 is 0. The Morgan fingerprint density at radius 1 is 1.31 bits per heavy atom. The third-order valence-electron chi connectivity index (χ3n) is 2.71. The monoisotopic (exact) mass is 215 g/mol. The lowest BCUT2D eigenvalue weighted by molar-refractivity contribution is 0.0918. The third kappa shape index (κ3) is 2.93. The summed E-state index contributed by atoms with van der Waals surface area (Å²) in [5.41, 5.74) is 2.92. The maximum atomic E-state index is 12.1. The number of hydrogen-bond donors (Lipinski definition) is 0. The molecule has 1 rings (SSSR count). The molecule has 0 N–H and O–H groups in total. The first-order chi connectivity index (χ1) is 7.58. The van der Waals surface area contributed by atoms with Crippen LogP contribution in [-0.4, -0.2) is 5.78 Å². The number of aryl methyl sites for hydroxylation is 2. The minimum atomic E-state index is -0.161. The summed E-state index contributed by atoms with van der Waals surface area (Å²) in [5.74, 6) is -0.0675. The maximum absolute atomic E-state index is 12.1. The van der Waals surface area contributed by atoms with Gasteiger partial charge in [0.25, 0.3) is 0 Å². The Bertz CT molecular complexity index is 409. The van der Waals surface area contributed by atoms with Crippen molar-refractivity contribution in [1.29, 1.82) is 5.26 Å². The minimum absolute atomic E-state index is 0.0934. The molecule has 0 bridgehead atoms. The quantitative estimate of drug-likeness (QED) is 0.722. The van der Waals surface area contributed by atoms with Gasteiger partial charge in [-0.2, -0.15) is 5.26 Å². The van der Waals surface area contributed by atoms with Crippen molar-refractivity contribution in [3.05, 3.63) is 34.9 Å². The number of nitrogens with zero attached hydrogens (tertiary/aromatic N) is 1. The molecule has 84 valence electrons. The molecule has 1 atom stereocenters. The summed E-state index contributed by atoms with van der Waals surface area (Å²) in [4.78, 5) is 12.1. The molecule has 1 unspecified atom stereocenters. The van der Waals surface area contributed by atoms with Crippen molar-refractivity contribution in [2.24, 2.45) is 5.92 Å². The zero-order valence-electron chi connectivity index (χ0n) is 10.1. The third-order valence-corrected chi connectivity index (χ3v) is 2.71. The highest BCUT2D eigenvalue weighted by atomic mass is 16.1. The summed E-state index contributed by atoms with van der Waals surface area (Å²) in [6.45, 7) is 5.91. The molecule has 0 radical (unpaired) electrons. The lowest BCUT2D eigenvalue weighted by atomic mass is 9.91. The van der Waals surface area contributed by atoms with Crippen LogP contribution in [0, 0.1) is 31.1 Å². The molecular formula is C14H17NO. The van der Waals surface area contributed by atoms with E-state index in [0.717, 1.165) is 23.1 Å². The number of hydrogen-bond acceptors (Lipinski definition) is 2. The topological polar surface area (TPSA) is 40.9 Å². The normalized spacial score (nSPS) is 11.9. The zero-order chi connectivity index (χ0) is 12.1. The van der Waals surface area contributed by atoms with Gasteiger partial charge in [0, 0.05) is 17.9 Å². The Kier molecular flexibility index (Phi) is 4.25. The first kappa shape index (κ1) is 12.4. The van der Waals surface area contributed by atoms with Crippen LogP contribution in [0.4, 0.5) is 0 Å². The van der Waals surface area contributed by atoms with Gasteiger partial charge in [0.1, 0.15) is 0 Å². The largest absolute Gasteiger partial charge is 0.294 e. The van der Waals surface area contributed by atoms with Gasteiger partial charge >= 0.3 is 0 Å². The molecular weight excluding hydrogens is 198 g/mol. The van der Waals surface area contributed by atoms with Crippen molar-refractivity contribution in [1.82, 2.24) is 0 Å². The van der Waals surface area contributed by atoms with Crippen LogP contribution in [0.15, 0.2) is 18.2 Å². The van der Waals surface area contributed by atoms with Crippen LogP contribution >= 0.6 is 0 Å². The van der Waals surface area contributed by atoms with Gasteiger partial charge in [0.2, 0.25) is 0 Å². The van der Waals surface area contributed by atoms with Gasteiger partial charge in [-0.3, -0.25) is 4.79 Å². The van der Waals surface area contributed by atoms with Crippen molar-refractivity contribution >= 4 is 5.78 Å². The average Bonchev–Trinajstić information content (AvgIpc) is 2.23. The number of ketones is 1. The molecule has 1 aromatic rings. The second-order valence-electron chi connectivity index (χ2n) is 4.21. The van der Waals surface area contributed by atoms with E-state index in [9.17, 15) is 4.79 Å². The molecule has 2 nitrogen and oxygen atoms in total. The molecule has 16 heavy (non-hydrogen) atoms. The standard InChI is InChI=1S/C14H17NO/c1-4-12(5-6-15)14(16)13-8-10(2)7-11(3)9-13/h7-9,12H,4-5H2,1-3H3. The summed E-state index contributed by atoms with van der Waals surface area (Å²) in [6, 6.07) is 7.92. The van der Waals surface area contributed by atoms with Crippen LogP contribution in [0.5, 0.6) is 0 Å². The van der Waals surface area contributed by atoms with Crippen LogP contribution in [0.25, 0.3) is 0 Å². The Hall–Kier alpha value is -1.62. The number of carbonyl (C=O) groups is 1. The Balaban J connectivity index is 2.99. The molecule has 1 aromatic carbocycles. The van der Waals surface area contributed by atoms with Gasteiger partial charge in [0.05, 0.1) is 6.07 Å². The van der Waals surface area contributed by atoms with E-state index in [-0.39, 0.29) is 11.7 Å². The van der Waals surface area contributed by atoms with E-state index < -0.39 is 0 Å². The van der Waals surface area contributed by atoms with Crippen molar-refractivity contribution in [3.63, 3.8) is 0 Å². The fraction of sp³-hybridized carbons (Fsp3) is 0.429. The van der Waals surface area contributed by atoms with Crippen molar-refractivity contribution < 1.29 is 4.79 Å². The van der Waals surface area contributed by atoms with E-state index >= 15 is 0 Å². The lowest BCUT2D eigenvalue weighted by Gasteiger charge is -2.11. The Morgan fingerprint density at radius 2 is 1.88 bits per heavy atom. The minimum Gasteiger partial charge on any atom is -0.294 e. The number of benzene rings is 1. The van der Waals surface area contributed by atoms with E-state index in [1.54, 1.807) is 0 Å². The lowest BCUT2D eigenvalue weighted by Crippen LogP contribution is -2.13. The highest BCUT2D eigenvalue weighted by Gasteiger charge is 2.18. The molecule has 0 fully saturated rings. The highest BCUT2D eigenvalue weighted by Crippen LogP contribution is 2.18. The van der Waals surface area contributed by atoms with Crippen LogP contribution in [-0.2, 0) is 0 Å². The zero-order valence-corrected chi connectivity index (χ0v) is 10.1. The van der Waals surface area contributed by atoms with Crippen LogP contribution in [0.1, 0.15) is 41.3 Å². The van der Waals surface area contributed by atoms with E-state index in [2.05, 4.69) is 6.07 Å². The highest BCUT2D eigenvalue weighted by molar-refractivity contribution is 5.98. The molecule has 0 aliphatic rings. The Labute approximate surface area is 96.9 Å². The summed E-state index contributed by atoms with van der Waals surface area (Å²) < 4.78 is 0. The molecule has 2 heteroatoms. The second kappa shape index (κ2) is 5.46. The first-order valence-electron chi connectivity index (χ1n) is 5.58. The van der Waals surface area contributed by atoms with E-state index in [4.69, 9.17) is 5.26 Å². The second-order valence-corrected chi connectivity index (χ2v) is 4.21. The molecule has 0 aliphatic carbocycles. The van der Waals surface area contributed by atoms with Gasteiger partial charge in [-0.15, -0.1) is 0 Å². The number of rotatable bonds is 4. The number of nitriles is 1. The van der Waals surface area contributed by atoms with Gasteiger partial charge in [-0.25, -0.2) is 0 Å². The number of carbonyl (C=O) groups excluding carboxylic acids is 1. The van der Waals surface area contributed by atoms with Gasteiger partial charge in [-0.05, 0) is 32.4 Å². The predicted molar refractivity (Wildman–Crippen MR) is 64.3 cm³/mol. The van der Waals surface area contributed by atoms with E-state index in [0.29, 0.717) is 6.42 Å². The summed E-state index contributed by atoms with van der Waals surface area (Å²) in [5, 5.41) is 8.67.